The van der Waals surface area contributed by atoms with Crippen LogP contribution in [0.1, 0.15) is 5.56 Å². The smallest absolute Gasteiger partial charge is 0.274 e. The second-order valence-corrected chi connectivity index (χ2v) is 4.06. The first kappa shape index (κ1) is 12.0. The number of nitrogens with one attached hydrogen (secondary N) is 2. The molecule has 8 heteroatoms. The third-order valence-corrected chi connectivity index (χ3v) is 2.85. The molecular weight excluding hydrogens is 260 g/mol. The fraction of sp³-hybridized carbons (Fsp3) is 0.0833. The molecule has 8 nitrogen and oxygen atoms in total. The van der Waals surface area contributed by atoms with Gasteiger partial charge < -0.3 is 10.3 Å². The van der Waals surface area contributed by atoms with Crippen molar-refractivity contribution in [2.45, 2.75) is 6.54 Å². The number of nitro groups is 1. The lowest BCUT2D eigenvalue weighted by Crippen LogP contribution is -2.05. The zero-order valence-corrected chi connectivity index (χ0v) is 10.3. The van der Waals surface area contributed by atoms with Gasteiger partial charge in [0, 0.05) is 18.2 Å². The second-order valence-electron chi connectivity index (χ2n) is 4.06. The van der Waals surface area contributed by atoms with E-state index in [9.17, 15) is 10.1 Å². The van der Waals surface area contributed by atoms with E-state index in [2.05, 4.69) is 25.3 Å². The van der Waals surface area contributed by atoms with E-state index in [-0.39, 0.29) is 12.2 Å². The van der Waals surface area contributed by atoms with E-state index in [1.165, 1.54) is 18.7 Å². The number of nitrogens with zero attached hydrogens (tertiary/aromatic N) is 4. The predicted molar refractivity (Wildman–Crippen MR) is 72.1 cm³/mol. The molecule has 0 radical (unpaired) electrons. The molecule has 3 rings (SSSR count). The number of hydrogen-bond acceptors (Lipinski definition) is 6. The van der Waals surface area contributed by atoms with Gasteiger partial charge in [-0.05, 0) is 0 Å². The molecule has 2 N–H and O–H groups in total. The number of aromatic amines is 1. The van der Waals surface area contributed by atoms with Gasteiger partial charge in [-0.2, -0.15) is 0 Å². The number of aromatic nitrogens is 4. The number of nitro benzene ring substituents is 1. The highest BCUT2D eigenvalue weighted by Gasteiger charge is 2.13. The molecule has 0 aliphatic heterocycles. The summed E-state index contributed by atoms with van der Waals surface area (Å²) in [5.74, 6) is 0.536. The summed E-state index contributed by atoms with van der Waals surface area (Å²) in [6.45, 7) is 0.288. The Morgan fingerprint density at radius 2 is 2.10 bits per heavy atom. The number of rotatable bonds is 4. The van der Waals surface area contributed by atoms with Crippen molar-refractivity contribution in [3.05, 3.63) is 52.6 Å². The normalized spacial score (nSPS) is 10.6. The van der Waals surface area contributed by atoms with Crippen LogP contribution in [0, 0.1) is 10.1 Å². The standard InChI is InChI=1S/C12H10N6O2/c19-18(20)9-4-2-1-3-8(9)5-13-11-10-12(15-6-14-10)17-7-16-11/h1-4,6-7H,5H2,(H2,13,14,15,16,17). The molecule has 2 heterocycles. The minimum absolute atomic E-state index is 0.0762. The number of para-hydroxylation sites is 1. The summed E-state index contributed by atoms with van der Waals surface area (Å²) in [6, 6.07) is 6.57. The van der Waals surface area contributed by atoms with Crippen molar-refractivity contribution in [3.63, 3.8) is 0 Å². The summed E-state index contributed by atoms with van der Waals surface area (Å²) in [7, 11) is 0. The minimum atomic E-state index is -0.402. The predicted octanol–water partition coefficient (Wildman–Crippen LogP) is 1.87. The zero-order chi connectivity index (χ0) is 13.9. The average Bonchev–Trinajstić information content (AvgIpc) is 2.94. The Balaban J connectivity index is 1.87. The number of benzene rings is 1. The first-order valence-corrected chi connectivity index (χ1v) is 5.86. The van der Waals surface area contributed by atoms with Crippen molar-refractivity contribution in [3.8, 4) is 0 Å². The molecule has 0 atom stereocenters. The minimum Gasteiger partial charge on any atom is -0.364 e. The maximum atomic E-state index is 10.9. The number of anilines is 1. The van der Waals surface area contributed by atoms with Crippen molar-refractivity contribution in [1.82, 2.24) is 19.9 Å². The monoisotopic (exact) mass is 270 g/mol. The van der Waals surface area contributed by atoms with Gasteiger partial charge in [-0.3, -0.25) is 10.1 Å². The zero-order valence-electron chi connectivity index (χ0n) is 10.3. The lowest BCUT2D eigenvalue weighted by Gasteiger charge is -2.06. The molecule has 0 fully saturated rings. The molecule has 0 unspecified atom stereocenters. The first-order valence-electron chi connectivity index (χ1n) is 5.86. The summed E-state index contributed by atoms with van der Waals surface area (Å²) >= 11 is 0. The van der Waals surface area contributed by atoms with Crippen LogP contribution in [0.5, 0.6) is 0 Å². The van der Waals surface area contributed by atoms with E-state index in [1.807, 2.05) is 0 Å². The summed E-state index contributed by atoms with van der Waals surface area (Å²) in [6.07, 6.45) is 2.93. The molecule has 100 valence electrons. The van der Waals surface area contributed by atoms with E-state index >= 15 is 0 Å². The van der Waals surface area contributed by atoms with Crippen LogP contribution in [0.15, 0.2) is 36.9 Å². The van der Waals surface area contributed by atoms with E-state index in [0.29, 0.717) is 22.5 Å². The van der Waals surface area contributed by atoms with Crippen molar-refractivity contribution >= 4 is 22.7 Å². The van der Waals surface area contributed by atoms with Gasteiger partial charge in [0.15, 0.2) is 11.5 Å². The molecule has 0 bridgehead atoms. The van der Waals surface area contributed by atoms with E-state index in [4.69, 9.17) is 0 Å². The third kappa shape index (κ3) is 2.14. The van der Waals surface area contributed by atoms with Gasteiger partial charge in [-0.1, -0.05) is 18.2 Å². The van der Waals surface area contributed by atoms with Crippen LogP contribution in [0.4, 0.5) is 11.5 Å². The molecule has 1 aromatic carbocycles. The SMILES string of the molecule is O=[N+]([O-])c1ccccc1CNc1ncnc2[nH]cnc12. The van der Waals surface area contributed by atoms with Crippen LogP contribution < -0.4 is 5.32 Å². The van der Waals surface area contributed by atoms with Crippen LogP contribution in [-0.4, -0.2) is 24.9 Å². The highest BCUT2D eigenvalue weighted by atomic mass is 16.6. The van der Waals surface area contributed by atoms with Gasteiger partial charge in [-0.25, -0.2) is 15.0 Å². The van der Waals surface area contributed by atoms with E-state index in [1.54, 1.807) is 18.2 Å². The summed E-state index contributed by atoms with van der Waals surface area (Å²) < 4.78 is 0. The highest BCUT2D eigenvalue weighted by molar-refractivity contribution is 5.81. The van der Waals surface area contributed by atoms with Crippen LogP contribution in [0.2, 0.25) is 0 Å². The summed E-state index contributed by atoms with van der Waals surface area (Å²) in [5, 5.41) is 14.0. The van der Waals surface area contributed by atoms with Crippen molar-refractivity contribution < 1.29 is 4.92 Å². The molecule has 0 saturated carbocycles. The molecule has 0 saturated heterocycles. The Labute approximate surface area is 113 Å². The Kier molecular flexibility index (Phi) is 2.96. The van der Waals surface area contributed by atoms with E-state index < -0.39 is 4.92 Å². The summed E-state index contributed by atoms with van der Waals surface area (Å²) in [4.78, 5) is 25.6. The maximum absolute atomic E-state index is 10.9. The Morgan fingerprint density at radius 3 is 2.95 bits per heavy atom. The molecule has 0 aliphatic rings. The number of fused-ring (bicyclic) bond motifs is 1. The van der Waals surface area contributed by atoms with Crippen LogP contribution in [-0.2, 0) is 6.54 Å². The fourth-order valence-electron chi connectivity index (χ4n) is 1.91. The Hall–Kier alpha value is -3.03. The topological polar surface area (TPSA) is 110 Å². The molecule has 0 spiro atoms. The van der Waals surface area contributed by atoms with Gasteiger partial charge in [0.1, 0.15) is 11.8 Å². The van der Waals surface area contributed by atoms with Crippen molar-refractivity contribution in [2.75, 3.05) is 5.32 Å². The second kappa shape index (κ2) is 4.92. The van der Waals surface area contributed by atoms with Gasteiger partial charge in [0.25, 0.3) is 5.69 Å². The molecule has 2 aromatic heterocycles. The number of hydrogen-bond donors (Lipinski definition) is 2. The molecular formula is C12H10N6O2. The lowest BCUT2D eigenvalue weighted by atomic mass is 10.2. The van der Waals surface area contributed by atoms with Gasteiger partial charge in [0.05, 0.1) is 11.3 Å². The fourth-order valence-corrected chi connectivity index (χ4v) is 1.91. The maximum Gasteiger partial charge on any atom is 0.274 e. The third-order valence-electron chi connectivity index (χ3n) is 2.85. The number of imidazole rings is 1. The van der Waals surface area contributed by atoms with Crippen LogP contribution in [0.25, 0.3) is 11.2 Å². The van der Waals surface area contributed by atoms with Crippen molar-refractivity contribution in [1.29, 1.82) is 0 Å². The highest BCUT2D eigenvalue weighted by Crippen LogP contribution is 2.20. The quantitative estimate of drug-likeness (QED) is 0.553. The lowest BCUT2D eigenvalue weighted by molar-refractivity contribution is -0.385. The van der Waals surface area contributed by atoms with Crippen LogP contribution >= 0.6 is 0 Å². The molecule has 0 aliphatic carbocycles. The molecule has 3 aromatic rings. The van der Waals surface area contributed by atoms with Gasteiger partial charge in [-0.15, -0.1) is 0 Å². The van der Waals surface area contributed by atoms with Crippen molar-refractivity contribution in [2.24, 2.45) is 0 Å². The average molecular weight is 270 g/mol. The first-order chi connectivity index (χ1) is 9.75. The number of H-pyrrole nitrogens is 1. The van der Waals surface area contributed by atoms with Gasteiger partial charge >= 0.3 is 0 Å². The molecule has 20 heavy (non-hydrogen) atoms. The Morgan fingerprint density at radius 1 is 1.25 bits per heavy atom. The molecule has 0 amide bonds. The van der Waals surface area contributed by atoms with E-state index in [0.717, 1.165) is 0 Å². The van der Waals surface area contributed by atoms with Gasteiger partial charge in [0.2, 0.25) is 0 Å². The summed E-state index contributed by atoms with van der Waals surface area (Å²) in [5.41, 5.74) is 1.88. The van der Waals surface area contributed by atoms with Crippen LogP contribution in [0.3, 0.4) is 0 Å². The largest absolute Gasteiger partial charge is 0.364 e. The Bertz CT molecular complexity index is 769.